The molecular weight excluding hydrogens is 535 g/mol. The van der Waals surface area contributed by atoms with Crippen LogP contribution in [0.2, 0.25) is 0 Å². The van der Waals surface area contributed by atoms with Gasteiger partial charge in [-0.1, -0.05) is 30.3 Å². The first-order valence-corrected chi connectivity index (χ1v) is 12.2. The predicted molar refractivity (Wildman–Crippen MR) is 133 cm³/mol. The number of nitrogens with zero attached hydrogens (tertiary/aromatic N) is 2. The summed E-state index contributed by atoms with van der Waals surface area (Å²) in [6.45, 7) is 5.62. The number of aliphatic imine (C=N–C) groups is 1. The number of rotatable bonds is 8. The molecule has 1 saturated heterocycles. The Bertz CT molecular complexity index is 899. The van der Waals surface area contributed by atoms with Gasteiger partial charge in [-0.2, -0.15) is 4.31 Å². The van der Waals surface area contributed by atoms with Gasteiger partial charge in [-0.15, -0.1) is 35.3 Å². The fourth-order valence-corrected chi connectivity index (χ4v) is 5.26. The van der Waals surface area contributed by atoms with Crippen LogP contribution in [0.1, 0.15) is 22.9 Å². The molecule has 1 aliphatic heterocycles. The maximum atomic E-state index is 12.8. The van der Waals surface area contributed by atoms with Crippen LogP contribution in [0.4, 0.5) is 0 Å². The van der Waals surface area contributed by atoms with Gasteiger partial charge in [0.1, 0.15) is 0 Å². The van der Waals surface area contributed by atoms with Crippen molar-refractivity contribution in [1.82, 2.24) is 14.9 Å². The molecule has 0 bridgehead atoms. The Kier molecular flexibility index (Phi) is 10.5. The number of sulfonamides is 1. The average molecular weight is 565 g/mol. The lowest BCUT2D eigenvalue weighted by Gasteiger charge is -2.26. The van der Waals surface area contributed by atoms with E-state index in [0.29, 0.717) is 45.4 Å². The Balaban J connectivity index is 0.00000320. The summed E-state index contributed by atoms with van der Waals surface area (Å²) in [7, 11) is -3.37. The van der Waals surface area contributed by atoms with Crippen molar-refractivity contribution in [3.05, 3.63) is 57.8 Å². The topological polar surface area (TPSA) is 83.0 Å². The van der Waals surface area contributed by atoms with Crippen molar-refractivity contribution >= 4 is 51.3 Å². The Labute approximate surface area is 200 Å². The fourth-order valence-electron chi connectivity index (χ4n) is 3.06. The van der Waals surface area contributed by atoms with Crippen LogP contribution in [-0.2, 0) is 33.6 Å². The summed E-state index contributed by atoms with van der Waals surface area (Å²) < 4.78 is 32.4. The molecule has 1 aromatic heterocycles. The second-order valence-corrected chi connectivity index (χ2v) is 9.67. The molecule has 0 atom stereocenters. The molecule has 7 nitrogen and oxygen atoms in total. The van der Waals surface area contributed by atoms with Crippen molar-refractivity contribution in [2.75, 3.05) is 32.8 Å². The Morgan fingerprint density at radius 2 is 1.87 bits per heavy atom. The van der Waals surface area contributed by atoms with Crippen LogP contribution in [0.25, 0.3) is 0 Å². The molecule has 3 rings (SSSR count). The maximum Gasteiger partial charge on any atom is 0.218 e. The van der Waals surface area contributed by atoms with Crippen molar-refractivity contribution in [3.8, 4) is 0 Å². The van der Waals surface area contributed by atoms with E-state index < -0.39 is 10.0 Å². The van der Waals surface area contributed by atoms with Gasteiger partial charge in [0.05, 0.1) is 32.1 Å². The summed E-state index contributed by atoms with van der Waals surface area (Å²) in [5.74, 6) is 0.699. The van der Waals surface area contributed by atoms with Gasteiger partial charge >= 0.3 is 0 Å². The van der Waals surface area contributed by atoms with E-state index in [-0.39, 0.29) is 29.7 Å². The molecule has 1 aliphatic rings. The van der Waals surface area contributed by atoms with Crippen LogP contribution in [0.3, 0.4) is 0 Å². The predicted octanol–water partition coefficient (Wildman–Crippen LogP) is 2.78. The van der Waals surface area contributed by atoms with E-state index in [0.717, 1.165) is 17.7 Å². The largest absolute Gasteiger partial charge is 0.379 e. The Morgan fingerprint density at radius 3 is 2.53 bits per heavy atom. The second kappa shape index (κ2) is 12.6. The SMILES string of the molecule is CCNC(=NCc1ccccc1CS(=O)(=O)N1CCOCC1)NCc1cccs1.I. The molecule has 0 saturated carbocycles. The average Bonchev–Trinajstić information content (AvgIpc) is 3.25. The minimum Gasteiger partial charge on any atom is -0.379 e. The molecular formula is C20H29IN4O3S2. The van der Waals surface area contributed by atoms with Crippen LogP contribution in [0, 0.1) is 0 Å². The summed E-state index contributed by atoms with van der Waals surface area (Å²) in [5.41, 5.74) is 1.70. The number of nitrogens with one attached hydrogen (secondary N) is 2. The van der Waals surface area contributed by atoms with Gasteiger partial charge in [-0.3, -0.25) is 0 Å². The minimum atomic E-state index is -3.37. The normalized spacial score (nSPS) is 15.4. The molecule has 0 amide bonds. The van der Waals surface area contributed by atoms with Gasteiger partial charge < -0.3 is 15.4 Å². The Hall–Kier alpha value is -1.21. The smallest absolute Gasteiger partial charge is 0.218 e. The zero-order valence-corrected chi connectivity index (χ0v) is 21.0. The van der Waals surface area contributed by atoms with E-state index in [1.165, 1.54) is 9.18 Å². The highest BCUT2D eigenvalue weighted by atomic mass is 127. The molecule has 2 aromatic rings. The number of guanidine groups is 1. The molecule has 0 unspecified atom stereocenters. The van der Waals surface area contributed by atoms with E-state index in [2.05, 4.69) is 21.7 Å². The molecule has 0 radical (unpaired) electrons. The lowest BCUT2D eigenvalue weighted by atomic mass is 10.1. The van der Waals surface area contributed by atoms with E-state index >= 15 is 0 Å². The third-order valence-corrected chi connectivity index (χ3v) is 7.29. The van der Waals surface area contributed by atoms with Gasteiger partial charge in [0.2, 0.25) is 10.0 Å². The van der Waals surface area contributed by atoms with Crippen LogP contribution in [0.15, 0.2) is 46.8 Å². The number of benzene rings is 1. The zero-order valence-electron chi connectivity index (χ0n) is 17.0. The van der Waals surface area contributed by atoms with E-state index in [1.807, 2.05) is 42.6 Å². The number of morpholine rings is 1. The highest BCUT2D eigenvalue weighted by Gasteiger charge is 2.25. The standard InChI is InChI=1S/C20H28N4O3S2.HI/c1-2-21-20(23-15-19-8-5-13-28-19)22-14-17-6-3-4-7-18(17)16-29(25,26)24-9-11-27-12-10-24;/h3-8,13H,2,9-12,14-16H2,1H3,(H2,21,22,23);1H. The van der Waals surface area contributed by atoms with Crippen LogP contribution in [0.5, 0.6) is 0 Å². The zero-order chi connectivity index (χ0) is 20.5. The molecule has 2 N–H and O–H groups in total. The van der Waals surface area contributed by atoms with Crippen molar-refractivity contribution in [2.24, 2.45) is 4.99 Å². The van der Waals surface area contributed by atoms with Gasteiger partial charge in [-0.25, -0.2) is 13.4 Å². The van der Waals surface area contributed by atoms with Crippen LogP contribution >= 0.6 is 35.3 Å². The number of hydrogen-bond donors (Lipinski definition) is 2. The molecule has 2 heterocycles. The Morgan fingerprint density at radius 1 is 1.13 bits per heavy atom. The third-order valence-electron chi connectivity index (χ3n) is 4.58. The van der Waals surface area contributed by atoms with Gasteiger partial charge in [0, 0.05) is 24.5 Å². The van der Waals surface area contributed by atoms with Gasteiger partial charge in [0.25, 0.3) is 0 Å². The maximum absolute atomic E-state index is 12.8. The number of hydrogen-bond acceptors (Lipinski definition) is 5. The quantitative estimate of drug-likeness (QED) is 0.293. The van der Waals surface area contributed by atoms with Crippen molar-refractivity contribution in [1.29, 1.82) is 0 Å². The highest BCUT2D eigenvalue weighted by molar-refractivity contribution is 14.0. The lowest BCUT2D eigenvalue weighted by Crippen LogP contribution is -2.41. The summed E-state index contributed by atoms with van der Waals surface area (Å²) in [6, 6.07) is 11.7. The van der Waals surface area contributed by atoms with Crippen LogP contribution < -0.4 is 10.6 Å². The fraction of sp³-hybridized carbons (Fsp3) is 0.450. The third kappa shape index (κ3) is 7.49. The first kappa shape index (κ1) is 25.1. The second-order valence-electron chi connectivity index (χ2n) is 6.66. The van der Waals surface area contributed by atoms with Crippen molar-refractivity contribution in [3.63, 3.8) is 0 Å². The molecule has 0 aliphatic carbocycles. The molecule has 1 aromatic carbocycles. The van der Waals surface area contributed by atoms with Crippen molar-refractivity contribution < 1.29 is 13.2 Å². The number of ether oxygens (including phenoxy) is 1. The molecule has 0 spiro atoms. The minimum absolute atomic E-state index is 0. The summed E-state index contributed by atoms with van der Waals surface area (Å²) in [6.07, 6.45) is 0. The van der Waals surface area contributed by atoms with E-state index in [4.69, 9.17) is 4.74 Å². The van der Waals surface area contributed by atoms with Crippen molar-refractivity contribution in [2.45, 2.75) is 25.8 Å². The van der Waals surface area contributed by atoms with E-state index in [1.54, 1.807) is 11.3 Å². The van der Waals surface area contributed by atoms with Gasteiger partial charge in [0.15, 0.2) is 5.96 Å². The lowest BCUT2D eigenvalue weighted by molar-refractivity contribution is 0.0729. The summed E-state index contributed by atoms with van der Waals surface area (Å²) >= 11 is 1.69. The first-order valence-electron chi connectivity index (χ1n) is 9.75. The number of halogens is 1. The molecule has 1 fully saturated rings. The highest BCUT2D eigenvalue weighted by Crippen LogP contribution is 2.17. The monoisotopic (exact) mass is 564 g/mol. The summed E-state index contributed by atoms with van der Waals surface area (Å²) in [5, 5.41) is 8.61. The van der Waals surface area contributed by atoms with E-state index in [9.17, 15) is 8.42 Å². The molecule has 166 valence electrons. The first-order chi connectivity index (χ1) is 14.1. The molecule has 10 heteroatoms. The summed E-state index contributed by atoms with van der Waals surface area (Å²) in [4.78, 5) is 5.89. The van der Waals surface area contributed by atoms with Gasteiger partial charge in [-0.05, 0) is 29.5 Å². The number of thiophene rings is 1. The van der Waals surface area contributed by atoms with Crippen LogP contribution in [-0.4, -0.2) is 51.5 Å². The molecule has 30 heavy (non-hydrogen) atoms.